The van der Waals surface area contributed by atoms with Crippen LogP contribution in [-0.4, -0.2) is 34.0 Å². The minimum absolute atomic E-state index is 0.196. The molecule has 2 rings (SSSR count). The quantitative estimate of drug-likeness (QED) is 0.792. The van der Waals surface area contributed by atoms with Gasteiger partial charge in [-0.05, 0) is 37.8 Å². The summed E-state index contributed by atoms with van der Waals surface area (Å²) in [5.41, 5.74) is -0.646. The van der Waals surface area contributed by atoms with Gasteiger partial charge in [-0.15, -0.1) is 0 Å². The third kappa shape index (κ3) is 4.20. The molecule has 1 saturated carbocycles. The summed E-state index contributed by atoms with van der Waals surface area (Å²) in [6.45, 7) is 1.30. The number of carbonyl (C=O) groups excluding carboxylic acids is 2. The lowest BCUT2D eigenvalue weighted by Gasteiger charge is -2.21. The molecule has 0 saturated heterocycles. The van der Waals surface area contributed by atoms with Crippen LogP contribution in [0.1, 0.15) is 43.0 Å². The first-order valence-electron chi connectivity index (χ1n) is 7.88. The molecule has 1 amide bonds. The Balaban J connectivity index is 1.97. The summed E-state index contributed by atoms with van der Waals surface area (Å²) in [5, 5.41) is 11.9. The van der Waals surface area contributed by atoms with E-state index in [0.29, 0.717) is 23.5 Å². The van der Waals surface area contributed by atoms with Gasteiger partial charge in [0.1, 0.15) is 5.54 Å². The molecule has 1 aromatic rings. The molecule has 1 atom stereocenters. The Morgan fingerprint density at radius 3 is 2.62 bits per heavy atom. The lowest BCUT2D eigenvalue weighted by Crippen LogP contribution is -2.46. The molecule has 0 radical (unpaired) electrons. The number of nitrogens with zero attached hydrogens (tertiary/aromatic N) is 1. The highest BCUT2D eigenvalue weighted by atomic mass is 32.2. The summed E-state index contributed by atoms with van der Waals surface area (Å²) in [5.74, 6) is -0.809. The number of nitrogens with one attached hydrogen (secondary N) is 1. The Morgan fingerprint density at radius 2 is 2.00 bits per heavy atom. The molecule has 0 aromatic heterocycles. The monoisotopic (exact) mass is 348 g/mol. The van der Waals surface area contributed by atoms with Crippen LogP contribution in [0.2, 0.25) is 0 Å². The van der Waals surface area contributed by atoms with Crippen molar-refractivity contribution in [1.82, 2.24) is 5.32 Å². The zero-order valence-corrected chi connectivity index (χ0v) is 14.4. The number of hydrogen-bond acceptors (Lipinski definition) is 5. The number of carbonyl (C=O) groups is 2. The second-order valence-electron chi connectivity index (χ2n) is 5.66. The fourth-order valence-corrected chi connectivity index (χ4v) is 3.68. The number of nitriles is 1. The van der Waals surface area contributed by atoms with Crippen molar-refractivity contribution in [2.75, 3.05) is 12.4 Å². The molecule has 0 bridgehead atoms. The van der Waals surface area contributed by atoms with E-state index in [0.717, 1.165) is 12.8 Å². The third-order valence-corrected chi connectivity index (χ3v) is 5.37. The van der Waals surface area contributed by atoms with Gasteiger partial charge in [0.05, 0.1) is 27.3 Å². The zero-order valence-electron chi connectivity index (χ0n) is 13.5. The maximum atomic E-state index is 12.2. The van der Waals surface area contributed by atoms with Gasteiger partial charge in [0.15, 0.2) is 6.61 Å². The highest BCUT2D eigenvalue weighted by Gasteiger charge is 2.35. The van der Waals surface area contributed by atoms with Gasteiger partial charge in [0.2, 0.25) is 0 Å². The Hall–Kier alpha value is -2.20. The highest BCUT2D eigenvalue weighted by Crippen LogP contribution is 2.28. The molecular weight excluding hydrogens is 328 g/mol. The Kier molecular flexibility index (Phi) is 6.10. The normalized spacial score (nSPS) is 16.8. The van der Waals surface area contributed by atoms with E-state index in [1.54, 1.807) is 25.1 Å². The van der Waals surface area contributed by atoms with Crippen LogP contribution in [0.5, 0.6) is 0 Å². The summed E-state index contributed by atoms with van der Waals surface area (Å²) >= 11 is 0. The molecule has 24 heavy (non-hydrogen) atoms. The lowest BCUT2D eigenvalue weighted by molar-refractivity contribution is -0.125. The van der Waals surface area contributed by atoms with Crippen LogP contribution in [0.15, 0.2) is 29.2 Å². The second kappa shape index (κ2) is 8.06. The molecule has 6 nitrogen and oxygen atoms in total. The van der Waals surface area contributed by atoms with Crippen molar-refractivity contribution in [2.45, 2.75) is 43.0 Å². The van der Waals surface area contributed by atoms with Crippen LogP contribution >= 0.6 is 0 Å². The number of rotatable bonds is 6. The van der Waals surface area contributed by atoms with E-state index in [9.17, 15) is 19.1 Å². The molecule has 0 unspecified atom stereocenters. The average molecular weight is 348 g/mol. The molecule has 128 valence electrons. The Bertz CT molecular complexity index is 690. The molecule has 1 fully saturated rings. The zero-order chi connectivity index (χ0) is 17.6. The van der Waals surface area contributed by atoms with Gasteiger partial charge in [0.25, 0.3) is 5.91 Å². The summed E-state index contributed by atoms with van der Waals surface area (Å²) in [6, 6.07) is 8.63. The van der Waals surface area contributed by atoms with Gasteiger partial charge in [0, 0.05) is 5.75 Å². The molecule has 1 aliphatic carbocycles. The summed E-state index contributed by atoms with van der Waals surface area (Å²) in [4.78, 5) is 24.5. The molecule has 0 aliphatic heterocycles. The smallest absolute Gasteiger partial charge is 0.339 e. The van der Waals surface area contributed by atoms with Crippen molar-refractivity contribution >= 4 is 22.7 Å². The van der Waals surface area contributed by atoms with Crippen molar-refractivity contribution in [2.24, 2.45) is 0 Å². The molecule has 1 N–H and O–H groups in total. The highest BCUT2D eigenvalue weighted by molar-refractivity contribution is 7.85. The number of amides is 1. The fraction of sp³-hybridized carbons (Fsp3) is 0.471. The SMILES string of the molecule is CC[S@](=O)c1ccccc1C(=O)OCC(=O)NC1(C#N)CCCC1. The van der Waals surface area contributed by atoms with Gasteiger partial charge < -0.3 is 10.1 Å². The van der Waals surface area contributed by atoms with E-state index < -0.39 is 34.8 Å². The van der Waals surface area contributed by atoms with E-state index in [2.05, 4.69) is 11.4 Å². The molecule has 7 heteroatoms. The van der Waals surface area contributed by atoms with Crippen LogP contribution in [0, 0.1) is 11.3 Å². The first-order valence-corrected chi connectivity index (χ1v) is 9.20. The van der Waals surface area contributed by atoms with Crippen molar-refractivity contribution in [3.8, 4) is 6.07 Å². The maximum absolute atomic E-state index is 12.2. The first-order chi connectivity index (χ1) is 11.5. The van der Waals surface area contributed by atoms with Gasteiger partial charge in [-0.1, -0.05) is 19.1 Å². The Labute approximate surface area is 143 Å². The number of esters is 1. The third-order valence-electron chi connectivity index (χ3n) is 4.00. The van der Waals surface area contributed by atoms with E-state index in [1.807, 2.05) is 0 Å². The van der Waals surface area contributed by atoms with Gasteiger partial charge >= 0.3 is 5.97 Å². The Morgan fingerprint density at radius 1 is 1.33 bits per heavy atom. The van der Waals surface area contributed by atoms with Gasteiger partial charge in [-0.3, -0.25) is 9.00 Å². The number of hydrogen-bond donors (Lipinski definition) is 1. The maximum Gasteiger partial charge on any atom is 0.339 e. The topological polar surface area (TPSA) is 96.3 Å². The number of ether oxygens (including phenoxy) is 1. The summed E-state index contributed by atoms with van der Waals surface area (Å²) < 4.78 is 17.0. The van der Waals surface area contributed by atoms with Crippen molar-refractivity contribution in [1.29, 1.82) is 5.26 Å². The fourth-order valence-electron chi connectivity index (χ4n) is 2.74. The summed E-state index contributed by atoms with van der Waals surface area (Å²) in [7, 11) is -1.29. The summed E-state index contributed by atoms with van der Waals surface area (Å²) in [6.07, 6.45) is 3.01. The van der Waals surface area contributed by atoms with Gasteiger partial charge in [-0.25, -0.2) is 4.79 Å². The molecule has 0 heterocycles. The minimum Gasteiger partial charge on any atom is -0.452 e. The van der Waals surface area contributed by atoms with E-state index in [1.165, 1.54) is 6.07 Å². The average Bonchev–Trinajstić information content (AvgIpc) is 3.08. The van der Waals surface area contributed by atoms with E-state index >= 15 is 0 Å². The molecular formula is C17H20N2O4S. The van der Waals surface area contributed by atoms with Crippen LogP contribution in [-0.2, 0) is 20.3 Å². The minimum atomic E-state index is -1.29. The lowest BCUT2D eigenvalue weighted by atomic mass is 10.00. The van der Waals surface area contributed by atoms with Crippen LogP contribution in [0.3, 0.4) is 0 Å². The standard InChI is InChI=1S/C17H20N2O4S/c1-2-24(22)14-8-4-3-7-13(14)16(21)23-11-15(20)19-17(12-18)9-5-6-10-17/h3-4,7-8H,2,5-6,9-11H2,1H3,(H,19,20)/t24-/m0/s1. The first kappa shape index (κ1) is 18.1. The predicted molar refractivity (Wildman–Crippen MR) is 88.6 cm³/mol. The molecule has 1 aromatic carbocycles. The van der Waals surface area contributed by atoms with E-state index in [4.69, 9.17) is 4.74 Å². The number of benzene rings is 1. The van der Waals surface area contributed by atoms with Crippen molar-refractivity contribution in [3.63, 3.8) is 0 Å². The van der Waals surface area contributed by atoms with Crippen LogP contribution in [0.25, 0.3) is 0 Å². The molecule has 1 aliphatic rings. The van der Waals surface area contributed by atoms with Gasteiger partial charge in [-0.2, -0.15) is 5.26 Å². The van der Waals surface area contributed by atoms with Crippen LogP contribution < -0.4 is 5.32 Å². The van der Waals surface area contributed by atoms with Crippen LogP contribution in [0.4, 0.5) is 0 Å². The second-order valence-corrected chi connectivity index (χ2v) is 7.36. The van der Waals surface area contributed by atoms with E-state index in [-0.39, 0.29) is 5.56 Å². The largest absolute Gasteiger partial charge is 0.452 e. The van der Waals surface area contributed by atoms with Crippen molar-refractivity contribution < 1.29 is 18.5 Å². The predicted octanol–water partition coefficient (Wildman–Crippen LogP) is 1.92. The molecule has 0 spiro atoms. The van der Waals surface area contributed by atoms with Crippen molar-refractivity contribution in [3.05, 3.63) is 29.8 Å².